The molecular weight excluding hydrogens is 234 g/mol. The molecule has 7 nitrogen and oxygen atoms in total. The Hall–Kier alpha value is -1.70. The Bertz CT molecular complexity index is 392. The van der Waals surface area contributed by atoms with Crippen LogP contribution in [0.4, 0.5) is 9.93 Å². The van der Waals surface area contributed by atoms with Crippen molar-refractivity contribution < 1.29 is 19.4 Å². The lowest BCUT2D eigenvalue weighted by atomic mass is 10.2. The predicted octanol–water partition coefficient (Wildman–Crippen LogP) is 1.29. The number of carboxylic acids is 1. The van der Waals surface area contributed by atoms with E-state index in [0.29, 0.717) is 0 Å². The smallest absolute Gasteiger partial charge is 0.413 e. The summed E-state index contributed by atoms with van der Waals surface area (Å²) in [7, 11) is 0. The van der Waals surface area contributed by atoms with Crippen LogP contribution in [0.15, 0.2) is 0 Å². The summed E-state index contributed by atoms with van der Waals surface area (Å²) in [5, 5.41) is 11.3. The first-order valence-corrected chi connectivity index (χ1v) is 5.32. The van der Waals surface area contributed by atoms with Crippen molar-refractivity contribution in [1.29, 1.82) is 0 Å². The van der Waals surface area contributed by atoms with Crippen LogP contribution in [0.5, 0.6) is 0 Å². The van der Waals surface area contributed by atoms with Crippen molar-refractivity contribution in [1.82, 2.24) is 9.36 Å². The number of hydrogen-bond donors (Lipinski definition) is 2. The van der Waals surface area contributed by atoms with E-state index in [4.69, 9.17) is 5.11 Å². The molecule has 1 atom stereocenters. The Labute approximate surface area is 95.6 Å². The first-order valence-electron chi connectivity index (χ1n) is 4.54. The van der Waals surface area contributed by atoms with Crippen molar-refractivity contribution in [3.8, 4) is 0 Å². The maximum Gasteiger partial charge on any atom is 0.413 e. The molecule has 0 aliphatic heterocycles. The summed E-state index contributed by atoms with van der Waals surface area (Å²) in [6.07, 6.45) is -0.631. The van der Waals surface area contributed by atoms with Crippen molar-refractivity contribution in [2.24, 2.45) is 0 Å². The van der Waals surface area contributed by atoms with Crippen LogP contribution >= 0.6 is 11.5 Å². The van der Waals surface area contributed by atoms with E-state index in [1.54, 1.807) is 6.92 Å². The van der Waals surface area contributed by atoms with Crippen LogP contribution in [0.25, 0.3) is 0 Å². The Morgan fingerprint density at radius 3 is 2.88 bits per heavy atom. The van der Waals surface area contributed by atoms with Crippen molar-refractivity contribution in [2.45, 2.75) is 19.8 Å². The van der Waals surface area contributed by atoms with Gasteiger partial charge in [0.25, 0.3) is 0 Å². The second kappa shape index (κ2) is 5.40. The number of anilines is 1. The number of amides is 1. The number of carbonyl (C=O) groups is 2. The van der Waals surface area contributed by atoms with E-state index in [2.05, 4.69) is 19.4 Å². The second-order valence-corrected chi connectivity index (χ2v) is 3.61. The summed E-state index contributed by atoms with van der Waals surface area (Å²) in [5.41, 5.74) is 0. The van der Waals surface area contributed by atoms with Gasteiger partial charge in [-0.2, -0.15) is 4.37 Å². The fourth-order valence-electron chi connectivity index (χ4n) is 0.826. The SMILES string of the molecule is CCOC(=O)Nc1nc(C(C)C(=O)O)ns1. The molecule has 1 heterocycles. The number of nitrogens with zero attached hydrogens (tertiary/aromatic N) is 2. The van der Waals surface area contributed by atoms with E-state index in [9.17, 15) is 9.59 Å². The highest BCUT2D eigenvalue weighted by molar-refractivity contribution is 7.09. The number of hydrogen-bond acceptors (Lipinski definition) is 6. The predicted molar refractivity (Wildman–Crippen MR) is 56.6 cm³/mol. The quantitative estimate of drug-likeness (QED) is 0.828. The molecule has 0 bridgehead atoms. The van der Waals surface area contributed by atoms with E-state index < -0.39 is 18.0 Å². The van der Waals surface area contributed by atoms with Gasteiger partial charge in [0.2, 0.25) is 5.13 Å². The third-order valence-electron chi connectivity index (χ3n) is 1.68. The minimum atomic E-state index is -1.01. The number of carbonyl (C=O) groups excluding carboxylic acids is 1. The van der Waals surface area contributed by atoms with Crippen LogP contribution in [-0.4, -0.2) is 33.1 Å². The molecular formula is C8H11N3O4S. The molecule has 88 valence electrons. The van der Waals surface area contributed by atoms with Crippen molar-refractivity contribution in [3.63, 3.8) is 0 Å². The van der Waals surface area contributed by atoms with E-state index in [1.165, 1.54) is 6.92 Å². The first kappa shape index (κ1) is 12.4. The van der Waals surface area contributed by atoms with Gasteiger partial charge >= 0.3 is 12.1 Å². The monoisotopic (exact) mass is 245 g/mol. The number of nitrogens with one attached hydrogen (secondary N) is 1. The van der Waals surface area contributed by atoms with Gasteiger partial charge in [-0.1, -0.05) is 0 Å². The maximum atomic E-state index is 11.0. The third kappa shape index (κ3) is 3.16. The lowest BCUT2D eigenvalue weighted by molar-refractivity contribution is -0.138. The first-order chi connectivity index (χ1) is 7.54. The molecule has 0 radical (unpaired) electrons. The van der Waals surface area contributed by atoms with Gasteiger partial charge in [0, 0.05) is 11.5 Å². The second-order valence-electron chi connectivity index (χ2n) is 2.86. The molecule has 0 aromatic carbocycles. The standard InChI is InChI=1S/C8H11N3O4S/c1-3-15-8(14)10-7-9-5(11-16-7)4(2)6(12)13/h4H,3H2,1-2H3,(H,12,13)(H,9,10,11,14). The molecule has 0 aliphatic carbocycles. The molecule has 0 aliphatic rings. The lowest BCUT2D eigenvalue weighted by Gasteiger charge is -2.00. The molecule has 1 rings (SSSR count). The zero-order chi connectivity index (χ0) is 12.1. The zero-order valence-corrected chi connectivity index (χ0v) is 9.58. The summed E-state index contributed by atoms with van der Waals surface area (Å²) >= 11 is 0.913. The van der Waals surface area contributed by atoms with Gasteiger partial charge in [0.1, 0.15) is 5.92 Å². The van der Waals surface area contributed by atoms with Crippen LogP contribution in [0, 0.1) is 0 Å². The van der Waals surface area contributed by atoms with E-state index in [-0.39, 0.29) is 17.6 Å². The Kier molecular flexibility index (Phi) is 4.18. The van der Waals surface area contributed by atoms with Crippen LogP contribution in [0.3, 0.4) is 0 Å². The Morgan fingerprint density at radius 2 is 2.31 bits per heavy atom. The highest BCUT2D eigenvalue weighted by atomic mass is 32.1. The number of rotatable bonds is 4. The minimum absolute atomic E-state index is 0.171. The van der Waals surface area contributed by atoms with Gasteiger partial charge in [-0.25, -0.2) is 9.78 Å². The summed E-state index contributed by atoms with van der Waals surface area (Å²) in [5.74, 6) is -1.64. The van der Waals surface area contributed by atoms with E-state index >= 15 is 0 Å². The van der Waals surface area contributed by atoms with Gasteiger partial charge in [0.15, 0.2) is 5.82 Å². The average Bonchev–Trinajstić information content (AvgIpc) is 2.65. The fraction of sp³-hybridized carbons (Fsp3) is 0.500. The van der Waals surface area contributed by atoms with Crippen molar-refractivity contribution >= 4 is 28.7 Å². The van der Waals surface area contributed by atoms with Gasteiger partial charge in [0.05, 0.1) is 6.61 Å². The van der Waals surface area contributed by atoms with Crippen molar-refractivity contribution in [3.05, 3.63) is 5.82 Å². The number of aliphatic carboxylic acids is 1. The molecule has 1 amide bonds. The summed E-state index contributed by atoms with van der Waals surface area (Å²) in [4.78, 5) is 25.5. The molecule has 16 heavy (non-hydrogen) atoms. The molecule has 2 N–H and O–H groups in total. The largest absolute Gasteiger partial charge is 0.481 e. The molecule has 1 aromatic heterocycles. The fourth-order valence-corrected chi connectivity index (χ4v) is 1.47. The van der Waals surface area contributed by atoms with Gasteiger partial charge in [-0.05, 0) is 13.8 Å². The minimum Gasteiger partial charge on any atom is -0.481 e. The molecule has 1 aromatic rings. The maximum absolute atomic E-state index is 11.0. The van der Waals surface area contributed by atoms with Crippen LogP contribution in [0.1, 0.15) is 25.6 Å². The molecule has 1 unspecified atom stereocenters. The average molecular weight is 245 g/mol. The van der Waals surface area contributed by atoms with E-state index in [0.717, 1.165) is 11.5 Å². The van der Waals surface area contributed by atoms with Crippen molar-refractivity contribution in [2.75, 3.05) is 11.9 Å². The molecule has 0 fully saturated rings. The summed E-state index contributed by atoms with van der Waals surface area (Å²) in [6.45, 7) is 3.40. The van der Waals surface area contributed by atoms with Gasteiger partial charge in [-0.3, -0.25) is 10.1 Å². The third-order valence-corrected chi connectivity index (χ3v) is 2.33. The highest BCUT2D eigenvalue weighted by Gasteiger charge is 2.19. The summed E-state index contributed by atoms with van der Waals surface area (Å²) in [6, 6.07) is 0. The lowest BCUT2D eigenvalue weighted by Crippen LogP contribution is -2.13. The van der Waals surface area contributed by atoms with E-state index in [1.807, 2.05) is 0 Å². The number of aromatic nitrogens is 2. The normalized spacial score (nSPS) is 11.9. The Balaban J connectivity index is 2.64. The number of carboxylic acid groups (broad SMARTS) is 1. The van der Waals surface area contributed by atoms with Crippen LogP contribution in [0.2, 0.25) is 0 Å². The molecule has 0 spiro atoms. The summed E-state index contributed by atoms with van der Waals surface area (Å²) < 4.78 is 8.47. The topological polar surface area (TPSA) is 101 Å². The number of ether oxygens (including phenoxy) is 1. The van der Waals surface area contributed by atoms with Crippen LogP contribution in [-0.2, 0) is 9.53 Å². The highest BCUT2D eigenvalue weighted by Crippen LogP contribution is 2.18. The zero-order valence-electron chi connectivity index (χ0n) is 8.76. The molecule has 8 heteroatoms. The van der Waals surface area contributed by atoms with Crippen LogP contribution < -0.4 is 5.32 Å². The molecule has 0 saturated heterocycles. The van der Waals surface area contributed by atoms with Gasteiger partial charge < -0.3 is 9.84 Å². The molecule has 0 saturated carbocycles. The van der Waals surface area contributed by atoms with Gasteiger partial charge in [-0.15, -0.1) is 0 Å². The Morgan fingerprint density at radius 1 is 1.62 bits per heavy atom.